The van der Waals surface area contributed by atoms with Crippen molar-refractivity contribution in [2.24, 2.45) is 0 Å². The Morgan fingerprint density at radius 3 is 2.65 bits per heavy atom. The summed E-state index contributed by atoms with van der Waals surface area (Å²) in [6, 6.07) is 4.86. The lowest BCUT2D eigenvalue weighted by Gasteiger charge is -2.18. The van der Waals surface area contributed by atoms with E-state index in [1.807, 2.05) is 6.92 Å². The standard InChI is InChI=1S/C11H14ClNO3S/c1-7-4-8(12)2-3-9(7)13-10-5-17(15,16)6-11(10)14/h2-4,10-11,13-14H,5-6H2,1H3/t10-,11-/m1/s1. The highest BCUT2D eigenvalue weighted by molar-refractivity contribution is 7.91. The van der Waals surface area contributed by atoms with Gasteiger partial charge in [0.15, 0.2) is 9.84 Å². The summed E-state index contributed by atoms with van der Waals surface area (Å²) in [5.41, 5.74) is 1.73. The Balaban J connectivity index is 2.17. The zero-order valence-electron chi connectivity index (χ0n) is 9.35. The lowest BCUT2D eigenvalue weighted by molar-refractivity contribution is 0.190. The van der Waals surface area contributed by atoms with Crippen LogP contribution in [0, 0.1) is 6.92 Å². The highest BCUT2D eigenvalue weighted by atomic mass is 35.5. The molecule has 0 aromatic heterocycles. The summed E-state index contributed by atoms with van der Waals surface area (Å²) in [6.07, 6.45) is -0.852. The lowest BCUT2D eigenvalue weighted by Crippen LogP contribution is -2.32. The summed E-state index contributed by atoms with van der Waals surface area (Å²) in [5.74, 6) is -0.201. The first-order chi connectivity index (χ1) is 7.87. The summed E-state index contributed by atoms with van der Waals surface area (Å²) >= 11 is 5.83. The summed E-state index contributed by atoms with van der Waals surface area (Å²) in [7, 11) is -3.12. The van der Waals surface area contributed by atoms with Gasteiger partial charge in [0.25, 0.3) is 0 Å². The molecule has 0 unspecified atom stereocenters. The number of aryl methyl sites for hydroxylation is 1. The Kier molecular flexibility index (Phi) is 3.34. The third kappa shape index (κ3) is 2.91. The van der Waals surface area contributed by atoms with Crippen molar-refractivity contribution >= 4 is 27.1 Å². The Bertz CT molecular complexity index is 530. The lowest BCUT2D eigenvalue weighted by atomic mass is 10.1. The molecule has 94 valence electrons. The fourth-order valence-corrected chi connectivity index (χ4v) is 3.92. The van der Waals surface area contributed by atoms with Crippen LogP contribution in [0.4, 0.5) is 5.69 Å². The van der Waals surface area contributed by atoms with Gasteiger partial charge >= 0.3 is 0 Å². The second-order valence-electron chi connectivity index (χ2n) is 4.35. The van der Waals surface area contributed by atoms with Crippen molar-refractivity contribution in [2.75, 3.05) is 16.8 Å². The Morgan fingerprint density at radius 1 is 1.41 bits per heavy atom. The normalized spacial score (nSPS) is 27.0. The third-order valence-corrected chi connectivity index (χ3v) is 4.80. The molecule has 2 rings (SSSR count). The average molecular weight is 276 g/mol. The van der Waals surface area contributed by atoms with Gasteiger partial charge in [-0.2, -0.15) is 0 Å². The Hall–Kier alpha value is -0.780. The number of rotatable bonds is 2. The van der Waals surface area contributed by atoms with E-state index in [1.165, 1.54) is 0 Å². The van der Waals surface area contributed by atoms with Crippen LogP contribution in [0.2, 0.25) is 5.02 Å². The van der Waals surface area contributed by atoms with E-state index >= 15 is 0 Å². The van der Waals surface area contributed by atoms with Crippen molar-refractivity contribution in [3.63, 3.8) is 0 Å². The number of aliphatic hydroxyl groups excluding tert-OH is 1. The third-order valence-electron chi connectivity index (χ3n) is 2.85. The maximum absolute atomic E-state index is 11.4. The van der Waals surface area contributed by atoms with E-state index in [4.69, 9.17) is 11.6 Å². The van der Waals surface area contributed by atoms with Crippen LogP contribution in [0.3, 0.4) is 0 Å². The highest BCUT2D eigenvalue weighted by Crippen LogP contribution is 2.23. The van der Waals surface area contributed by atoms with Gasteiger partial charge in [-0.25, -0.2) is 8.42 Å². The van der Waals surface area contributed by atoms with Gasteiger partial charge < -0.3 is 10.4 Å². The molecular weight excluding hydrogens is 262 g/mol. The van der Waals surface area contributed by atoms with Gasteiger partial charge in [0.1, 0.15) is 0 Å². The molecule has 1 heterocycles. The van der Waals surface area contributed by atoms with Crippen molar-refractivity contribution in [1.29, 1.82) is 0 Å². The summed E-state index contributed by atoms with van der Waals surface area (Å²) < 4.78 is 22.7. The molecule has 1 aromatic carbocycles. The van der Waals surface area contributed by atoms with Gasteiger partial charge in [0.2, 0.25) is 0 Å². The molecule has 1 saturated heterocycles. The van der Waals surface area contributed by atoms with E-state index in [1.54, 1.807) is 18.2 Å². The summed E-state index contributed by atoms with van der Waals surface area (Å²) in [4.78, 5) is 0. The van der Waals surface area contributed by atoms with Crippen molar-refractivity contribution in [2.45, 2.75) is 19.1 Å². The van der Waals surface area contributed by atoms with Gasteiger partial charge in [0, 0.05) is 10.7 Å². The van der Waals surface area contributed by atoms with E-state index in [2.05, 4.69) is 5.32 Å². The van der Waals surface area contributed by atoms with Crippen LogP contribution in [0.15, 0.2) is 18.2 Å². The molecule has 4 nitrogen and oxygen atoms in total. The Labute approximate surface area is 106 Å². The highest BCUT2D eigenvalue weighted by Gasteiger charge is 2.36. The van der Waals surface area contributed by atoms with Crippen molar-refractivity contribution in [3.05, 3.63) is 28.8 Å². The second-order valence-corrected chi connectivity index (χ2v) is 6.94. The Morgan fingerprint density at radius 2 is 2.12 bits per heavy atom. The second kappa shape index (κ2) is 4.48. The fraction of sp³-hybridized carbons (Fsp3) is 0.455. The van der Waals surface area contributed by atoms with Gasteiger partial charge in [-0.3, -0.25) is 0 Å². The van der Waals surface area contributed by atoms with Crippen LogP contribution in [0.25, 0.3) is 0 Å². The molecule has 0 radical (unpaired) electrons. The number of sulfone groups is 1. The number of halogens is 1. The minimum atomic E-state index is -3.12. The molecule has 2 N–H and O–H groups in total. The molecule has 1 aliphatic heterocycles. The zero-order valence-corrected chi connectivity index (χ0v) is 10.9. The van der Waals surface area contributed by atoms with Crippen LogP contribution in [0.5, 0.6) is 0 Å². The first kappa shape index (κ1) is 12.7. The quantitative estimate of drug-likeness (QED) is 0.852. The smallest absolute Gasteiger partial charge is 0.155 e. The number of anilines is 1. The predicted molar refractivity (Wildman–Crippen MR) is 68.3 cm³/mol. The zero-order chi connectivity index (χ0) is 12.6. The first-order valence-corrected chi connectivity index (χ1v) is 7.48. The molecule has 2 atom stereocenters. The molecule has 0 amide bonds. The minimum absolute atomic E-state index is 0.0315. The van der Waals surface area contributed by atoms with Crippen LogP contribution >= 0.6 is 11.6 Å². The summed E-state index contributed by atoms with van der Waals surface area (Å²) in [6.45, 7) is 1.88. The number of hydrogen-bond acceptors (Lipinski definition) is 4. The molecule has 1 fully saturated rings. The summed E-state index contributed by atoms with van der Waals surface area (Å²) in [5, 5.41) is 13.3. The monoisotopic (exact) mass is 275 g/mol. The number of aliphatic hydroxyl groups is 1. The topological polar surface area (TPSA) is 66.4 Å². The molecule has 0 spiro atoms. The molecule has 1 aliphatic rings. The van der Waals surface area contributed by atoms with E-state index in [0.717, 1.165) is 11.3 Å². The maximum atomic E-state index is 11.4. The predicted octanol–water partition coefficient (Wildman–Crippen LogP) is 1.22. The number of hydrogen-bond donors (Lipinski definition) is 2. The molecule has 6 heteroatoms. The molecule has 0 aliphatic carbocycles. The van der Waals surface area contributed by atoms with Gasteiger partial charge in [-0.1, -0.05) is 11.6 Å². The fourth-order valence-electron chi connectivity index (χ4n) is 1.96. The van der Waals surface area contributed by atoms with Gasteiger partial charge in [-0.15, -0.1) is 0 Å². The molecule has 0 saturated carbocycles. The van der Waals surface area contributed by atoms with E-state index in [0.29, 0.717) is 5.02 Å². The van der Waals surface area contributed by atoms with Crippen molar-refractivity contribution in [1.82, 2.24) is 0 Å². The largest absolute Gasteiger partial charge is 0.390 e. The average Bonchev–Trinajstić information content (AvgIpc) is 2.44. The van der Waals surface area contributed by atoms with E-state index < -0.39 is 22.0 Å². The van der Waals surface area contributed by atoms with Crippen LogP contribution in [-0.2, 0) is 9.84 Å². The van der Waals surface area contributed by atoms with E-state index in [-0.39, 0.29) is 11.5 Å². The SMILES string of the molecule is Cc1cc(Cl)ccc1N[C@@H]1CS(=O)(=O)C[C@H]1O. The van der Waals surface area contributed by atoms with Gasteiger partial charge in [0.05, 0.1) is 23.7 Å². The van der Waals surface area contributed by atoms with Crippen molar-refractivity contribution in [3.8, 4) is 0 Å². The molecule has 17 heavy (non-hydrogen) atoms. The van der Waals surface area contributed by atoms with Crippen LogP contribution in [0.1, 0.15) is 5.56 Å². The first-order valence-electron chi connectivity index (χ1n) is 5.28. The number of benzene rings is 1. The molecular formula is C11H14ClNO3S. The maximum Gasteiger partial charge on any atom is 0.155 e. The molecule has 1 aromatic rings. The van der Waals surface area contributed by atoms with Crippen molar-refractivity contribution < 1.29 is 13.5 Å². The molecule has 0 bridgehead atoms. The van der Waals surface area contributed by atoms with Crippen LogP contribution < -0.4 is 5.32 Å². The van der Waals surface area contributed by atoms with Gasteiger partial charge in [-0.05, 0) is 30.7 Å². The van der Waals surface area contributed by atoms with Crippen LogP contribution in [-0.4, -0.2) is 37.2 Å². The minimum Gasteiger partial charge on any atom is -0.390 e. The van der Waals surface area contributed by atoms with E-state index in [9.17, 15) is 13.5 Å². The number of nitrogens with one attached hydrogen (secondary N) is 1.